The maximum absolute atomic E-state index is 15.1. The van der Waals surface area contributed by atoms with Crippen LogP contribution in [0.2, 0.25) is 0 Å². The zero-order valence-electron chi connectivity index (χ0n) is 19.6. The molecule has 3 heterocycles. The van der Waals surface area contributed by atoms with E-state index in [9.17, 15) is 4.79 Å². The fraction of sp³-hybridized carbons (Fsp3) is 0.259. The van der Waals surface area contributed by atoms with Crippen molar-refractivity contribution in [1.29, 1.82) is 0 Å². The van der Waals surface area contributed by atoms with Gasteiger partial charge in [-0.15, -0.1) is 0 Å². The number of rotatable bonds is 3. The number of amides is 1. The zero-order valence-corrected chi connectivity index (χ0v) is 20.5. The van der Waals surface area contributed by atoms with E-state index in [1.807, 2.05) is 13.1 Å². The molecule has 6 rings (SSSR count). The summed E-state index contributed by atoms with van der Waals surface area (Å²) < 4.78 is 17.3. The molecule has 0 saturated carbocycles. The number of aromatic nitrogens is 2. The molecule has 4 aromatic rings. The van der Waals surface area contributed by atoms with Crippen LogP contribution in [-0.2, 0) is 0 Å². The van der Waals surface area contributed by atoms with Gasteiger partial charge in [0.15, 0.2) is 0 Å². The van der Waals surface area contributed by atoms with E-state index >= 15 is 4.39 Å². The lowest BCUT2D eigenvalue weighted by Crippen LogP contribution is -2.30. The summed E-state index contributed by atoms with van der Waals surface area (Å²) in [7, 11) is 3.54. The van der Waals surface area contributed by atoms with Gasteiger partial charge in [-0.05, 0) is 60.1 Å². The summed E-state index contributed by atoms with van der Waals surface area (Å²) in [6.07, 6.45) is 0.633. The Kier molecular flexibility index (Phi) is 4.79. The lowest BCUT2D eigenvalue weighted by atomic mass is 9.98. The lowest BCUT2D eigenvalue weighted by Gasteiger charge is -2.23. The van der Waals surface area contributed by atoms with Gasteiger partial charge in [0.25, 0.3) is 5.91 Å². The average molecular weight is 473 g/mol. The van der Waals surface area contributed by atoms with E-state index in [1.165, 1.54) is 11.4 Å². The summed E-state index contributed by atoms with van der Waals surface area (Å²) in [4.78, 5) is 19.7. The van der Waals surface area contributed by atoms with Crippen molar-refractivity contribution in [3.63, 3.8) is 0 Å². The van der Waals surface area contributed by atoms with Crippen LogP contribution in [0.15, 0.2) is 54.6 Å². The van der Waals surface area contributed by atoms with Gasteiger partial charge >= 0.3 is 0 Å². The van der Waals surface area contributed by atoms with Gasteiger partial charge in [-0.1, -0.05) is 32.2 Å². The van der Waals surface area contributed by atoms with Gasteiger partial charge in [0.2, 0.25) is 0 Å². The normalized spacial score (nSPS) is 18.9. The fourth-order valence-electron chi connectivity index (χ4n) is 5.55. The number of fused-ring (bicyclic) bond motifs is 9. The van der Waals surface area contributed by atoms with Crippen LogP contribution >= 0.6 is 7.92 Å². The first kappa shape index (κ1) is 21.3. The van der Waals surface area contributed by atoms with E-state index in [0.29, 0.717) is 17.5 Å². The van der Waals surface area contributed by atoms with Crippen molar-refractivity contribution < 1.29 is 9.18 Å². The minimum Gasteiger partial charge on any atom is -0.388 e. The van der Waals surface area contributed by atoms with Crippen molar-refractivity contribution in [3.8, 4) is 11.1 Å². The molecule has 3 aromatic carbocycles. The Morgan fingerprint density at radius 2 is 1.82 bits per heavy atom. The SMILES string of the molecule is CNc1cc(-c2ccc3nc4n(c3c2)C2CC4N(C)C(=O)c3cccc(F)c32)ccc1P(C)C. The molecule has 0 saturated heterocycles. The topological polar surface area (TPSA) is 50.2 Å². The molecule has 2 bridgehead atoms. The molecule has 34 heavy (non-hydrogen) atoms. The third-order valence-electron chi connectivity index (χ3n) is 7.26. The number of hydrogen-bond acceptors (Lipinski definition) is 3. The highest BCUT2D eigenvalue weighted by atomic mass is 31.1. The maximum atomic E-state index is 15.1. The van der Waals surface area contributed by atoms with E-state index in [1.54, 1.807) is 24.1 Å². The Hall–Kier alpha value is -3.24. The molecule has 0 spiro atoms. The molecule has 5 nitrogen and oxygen atoms in total. The van der Waals surface area contributed by atoms with E-state index in [2.05, 4.69) is 53.5 Å². The first-order chi connectivity index (χ1) is 16.4. The number of halogens is 1. The largest absolute Gasteiger partial charge is 0.388 e. The molecular weight excluding hydrogens is 446 g/mol. The number of nitrogens with one attached hydrogen (secondary N) is 1. The zero-order chi connectivity index (χ0) is 23.7. The van der Waals surface area contributed by atoms with Gasteiger partial charge < -0.3 is 14.8 Å². The number of nitrogens with zero attached hydrogens (tertiary/aromatic N) is 3. The standard InChI is InChI=1S/C27H26FN4OP/c1-29-20-12-15(9-11-24(20)34(3)4)16-8-10-19-21(13-16)32-22-14-23(26(32)30-19)31(2)27(33)17-6-5-7-18(28)25(17)22/h5-13,22-23,29H,14H2,1-4H3. The lowest BCUT2D eigenvalue weighted by molar-refractivity contribution is 0.0734. The predicted molar refractivity (Wildman–Crippen MR) is 137 cm³/mol. The van der Waals surface area contributed by atoms with Crippen LogP contribution in [-0.4, -0.2) is 47.8 Å². The minimum absolute atomic E-state index is 0.146. The molecule has 1 aromatic heterocycles. The van der Waals surface area contributed by atoms with E-state index in [4.69, 9.17) is 4.98 Å². The van der Waals surface area contributed by atoms with Crippen molar-refractivity contribution in [2.24, 2.45) is 0 Å². The number of benzene rings is 3. The highest BCUT2D eigenvalue weighted by molar-refractivity contribution is 7.64. The van der Waals surface area contributed by atoms with Crippen molar-refractivity contribution in [3.05, 3.63) is 77.4 Å². The van der Waals surface area contributed by atoms with Crippen molar-refractivity contribution >= 4 is 35.9 Å². The molecule has 0 aliphatic carbocycles. The molecule has 0 fully saturated rings. The van der Waals surface area contributed by atoms with Gasteiger partial charge in [0, 0.05) is 37.3 Å². The third kappa shape index (κ3) is 2.94. The molecule has 172 valence electrons. The van der Waals surface area contributed by atoms with Crippen molar-refractivity contribution in [2.45, 2.75) is 18.5 Å². The number of imidazole rings is 1. The monoisotopic (exact) mass is 472 g/mol. The molecule has 7 heteroatoms. The number of anilines is 1. The first-order valence-electron chi connectivity index (χ1n) is 11.5. The number of hydrogen-bond donors (Lipinski definition) is 1. The van der Waals surface area contributed by atoms with Gasteiger partial charge in [-0.2, -0.15) is 0 Å². The molecular formula is C27H26FN4OP. The van der Waals surface area contributed by atoms with Crippen LogP contribution in [0.3, 0.4) is 0 Å². The summed E-state index contributed by atoms with van der Waals surface area (Å²) in [5, 5.41) is 4.69. The van der Waals surface area contributed by atoms with Gasteiger partial charge in [-0.3, -0.25) is 4.79 Å². The van der Waals surface area contributed by atoms with Crippen LogP contribution in [0.25, 0.3) is 22.2 Å². The maximum Gasteiger partial charge on any atom is 0.254 e. The molecule has 2 unspecified atom stereocenters. The van der Waals surface area contributed by atoms with E-state index in [-0.39, 0.29) is 31.7 Å². The third-order valence-corrected chi connectivity index (χ3v) is 8.61. The smallest absolute Gasteiger partial charge is 0.254 e. The molecule has 1 amide bonds. The fourth-order valence-corrected chi connectivity index (χ4v) is 6.58. The number of carbonyl (C=O) groups excluding carboxylic acids is 1. The average Bonchev–Trinajstić information content (AvgIpc) is 3.36. The first-order valence-corrected chi connectivity index (χ1v) is 13.7. The van der Waals surface area contributed by atoms with Crippen LogP contribution < -0.4 is 10.6 Å². The summed E-state index contributed by atoms with van der Waals surface area (Å²) >= 11 is 0. The molecule has 0 radical (unpaired) electrons. The summed E-state index contributed by atoms with van der Waals surface area (Å²) in [5.41, 5.74) is 6.13. The summed E-state index contributed by atoms with van der Waals surface area (Å²) in [6.45, 7) is 4.51. The minimum atomic E-state index is -0.333. The van der Waals surface area contributed by atoms with E-state index < -0.39 is 0 Å². The summed E-state index contributed by atoms with van der Waals surface area (Å²) in [5.74, 6) is 0.351. The molecule has 2 aliphatic heterocycles. The Morgan fingerprint density at radius 3 is 2.59 bits per heavy atom. The highest BCUT2D eigenvalue weighted by Crippen LogP contribution is 2.48. The van der Waals surface area contributed by atoms with Gasteiger partial charge in [0.1, 0.15) is 11.6 Å². The predicted octanol–water partition coefficient (Wildman–Crippen LogP) is 5.37. The Labute approximate surface area is 199 Å². The number of carbonyl (C=O) groups is 1. The van der Waals surface area contributed by atoms with Gasteiger partial charge in [0.05, 0.1) is 23.1 Å². The summed E-state index contributed by atoms with van der Waals surface area (Å²) in [6, 6.07) is 17.2. The molecule has 2 aliphatic rings. The van der Waals surface area contributed by atoms with E-state index in [0.717, 1.165) is 33.7 Å². The van der Waals surface area contributed by atoms with Crippen molar-refractivity contribution in [1.82, 2.24) is 14.5 Å². The van der Waals surface area contributed by atoms with Crippen LogP contribution in [0, 0.1) is 5.82 Å². The van der Waals surface area contributed by atoms with Crippen LogP contribution in [0.1, 0.15) is 40.3 Å². The van der Waals surface area contributed by atoms with Crippen molar-refractivity contribution in [2.75, 3.05) is 32.7 Å². The second-order valence-corrected chi connectivity index (χ2v) is 11.6. The quantitative estimate of drug-likeness (QED) is 0.408. The van der Waals surface area contributed by atoms with Crippen LogP contribution in [0.5, 0.6) is 0 Å². The Bertz CT molecular complexity index is 1480. The Morgan fingerprint density at radius 1 is 1.06 bits per heavy atom. The Balaban J connectivity index is 1.55. The second-order valence-electron chi connectivity index (χ2n) is 9.30. The van der Waals surface area contributed by atoms with Crippen LogP contribution in [0.4, 0.5) is 10.1 Å². The molecule has 2 atom stereocenters. The second kappa shape index (κ2) is 7.64. The van der Waals surface area contributed by atoms with Gasteiger partial charge in [-0.25, -0.2) is 9.37 Å². The highest BCUT2D eigenvalue weighted by Gasteiger charge is 2.44. The molecule has 1 N–H and O–H groups in total.